The van der Waals surface area contributed by atoms with Crippen molar-refractivity contribution >= 4 is 21.7 Å². The number of hydrogen-bond acceptors (Lipinski definition) is 3. The van der Waals surface area contributed by atoms with Gasteiger partial charge in [0.25, 0.3) is 5.56 Å². The molecule has 0 amide bonds. The lowest BCUT2D eigenvalue weighted by Gasteiger charge is -2.33. The van der Waals surface area contributed by atoms with Crippen LogP contribution in [-0.2, 0) is 6.54 Å². The molecule has 4 nitrogen and oxygen atoms in total. The van der Waals surface area contributed by atoms with E-state index in [-0.39, 0.29) is 5.56 Å². The third kappa shape index (κ3) is 2.94. The summed E-state index contributed by atoms with van der Waals surface area (Å²) < 4.78 is 1.72. The van der Waals surface area contributed by atoms with Gasteiger partial charge < -0.3 is 9.47 Å². The minimum absolute atomic E-state index is 0.0412. The van der Waals surface area contributed by atoms with Gasteiger partial charge in [-0.25, -0.2) is 4.98 Å². The minimum atomic E-state index is 0.0412. The van der Waals surface area contributed by atoms with Gasteiger partial charge in [-0.2, -0.15) is 0 Å². The summed E-state index contributed by atoms with van der Waals surface area (Å²) in [6.07, 6.45) is 7.07. The maximum Gasteiger partial charge on any atom is 0.293 e. The fourth-order valence-electron chi connectivity index (χ4n) is 2.55. The fraction of sp³-hybridized carbons (Fsp3) is 0.692. The van der Waals surface area contributed by atoms with Gasteiger partial charge in [0, 0.05) is 37.4 Å². The molecule has 1 aliphatic heterocycles. The van der Waals surface area contributed by atoms with E-state index in [1.54, 1.807) is 17.0 Å². The maximum absolute atomic E-state index is 12.2. The van der Waals surface area contributed by atoms with E-state index in [0.717, 1.165) is 24.8 Å². The summed E-state index contributed by atoms with van der Waals surface area (Å²) in [6.45, 7) is 4.60. The molecule has 1 saturated heterocycles. The fourth-order valence-corrected chi connectivity index (χ4v) is 3.20. The van der Waals surface area contributed by atoms with Gasteiger partial charge >= 0.3 is 0 Å². The smallest absolute Gasteiger partial charge is 0.293 e. The molecule has 0 spiro atoms. The molecule has 1 fully saturated rings. The van der Waals surface area contributed by atoms with Crippen molar-refractivity contribution in [3.63, 3.8) is 0 Å². The zero-order valence-electron chi connectivity index (χ0n) is 10.8. The third-order valence-electron chi connectivity index (χ3n) is 3.57. The quantitative estimate of drug-likeness (QED) is 0.800. The van der Waals surface area contributed by atoms with E-state index in [0.29, 0.717) is 18.3 Å². The number of hydrogen-bond donors (Lipinski definition) is 0. The van der Waals surface area contributed by atoms with E-state index < -0.39 is 0 Å². The zero-order chi connectivity index (χ0) is 13.0. The molecule has 18 heavy (non-hydrogen) atoms. The second-order valence-electron chi connectivity index (χ2n) is 4.77. The number of piperidine rings is 1. The highest BCUT2D eigenvalue weighted by Crippen LogP contribution is 2.22. The lowest BCUT2D eigenvalue weighted by atomic mass is 9.96. The first-order chi connectivity index (χ1) is 8.76. The molecule has 2 rings (SSSR count). The second-order valence-corrected chi connectivity index (χ2v) is 5.57. The molecule has 0 radical (unpaired) electrons. The maximum atomic E-state index is 12.2. The predicted molar refractivity (Wildman–Crippen MR) is 77.5 cm³/mol. The average Bonchev–Trinajstić information content (AvgIpc) is 2.40. The molecule has 1 unspecified atom stereocenters. The van der Waals surface area contributed by atoms with Crippen LogP contribution in [0.25, 0.3) is 0 Å². The molecule has 0 aromatic carbocycles. The first kappa shape index (κ1) is 13.6. The topological polar surface area (TPSA) is 38.1 Å². The van der Waals surface area contributed by atoms with Crippen LogP contribution in [0.1, 0.15) is 26.2 Å². The number of anilines is 1. The molecule has 1 aromatic rings. The number of aromatic nitrogens is 2. The first-order valence-electron chi connectivity index (χ1n) is 6.62. The van der Waals surface area contributed by atoms with Gasteiger partial charge in [-0.3, -0.25) is 4.79 Å². The minimum Gasteiger partial charge on any atom is -0.352 e. The number of nitrogens with zero attached hydrogens (tertiary/aromatic N) is 3. The predicted octanol–water partition coefficient (Wildman–Crippen LogP) is 2.26. The summed E-state index contributed by atoms with van der Waals surface area (Å²) in [5, 5.41) is 1.03. The van der Waals surface area contributed by atoms with E-state index >= 15 is 0 Å². The zero-order valence-corrected chi connectivity index (χ0v) is 12.4. The normalized spacial score (nSPS) is 20.1. The van der Waals surface area contributed by atoms with E-state index in [1.807, 2.05) is 6.92 Å². The van der Waals surface area contributed by atoms with Crippen molar-refractivity contribution in [2.45, 2.75) is 32.7 Å². The van der Waals surface area contributed by atoms with Crippen LogP contribution in [0, 0.1) is 5.92 Å². The Morgan fingerprint density at radius 1 is 1.56 bits per heavy atom. The Labute approximate surface area is 116 Å². The van der Waals surface area contributed by atoms with Crippen molar-refractivity contribution in [1.29, 1.82) is 0 Å². The lowest BCUT2D eigenvalue weighted by Crippen LogP contribution is -2.40. The summed E-state index contributed by atoms with van der Waals surface area (Å²) in [5.74, 6) is 1.30. The molecular weight excluding hydrogens is 294 g/mol. The molecule has 0 N–H and O–H groups in total. The Morgan fingerprint density at radius 2 is 2.39 bits per heavy atom. The van der Waals surface area contributed by atoms with E-state index in [4.69, 9.17) is 0 Å². The molecule has 2 heterocycles. The van der Waals surface area contributed by atoms with Crippen LogP contribution in [0.5, 0.6) is 0 Å². The van der Waals surface area contributed by atoms with Crippen LogP contribution < -0.4 is 10.5 Å². The summed E-state index contributed by atoms with van der Waals surface area (Å²) in [4.78, 5) is 18.7. The molecule has 1 aliphatic rings. The van der Waals surface area contributed by atoms with Crippen LogP contribution in [0.3, 0.4) is 0 Å². The lowest BCUT2D eigenvalue weighted by molar-refractivity contribution is 0.404. The number of alkyl halides is 1. The molecular formula is C13H20BrN3O. The Hall–Kier alpha value is -0.840. The van der Waals surface area contributed by atoms with E-state index in [2.05, 4.69) is 25.8 Å². The summed E-state index contributed by atoms with van der Waals surface area (Å²) in [5.41, 5.74) is 0.0412. The monoisotopic (exact) mass is 313 g/mol. The van der Waals surface area contributed by atoms with Crippen molar-refractivity contribution in [2.24, 2.45) is 5.92 Å². The van der Waals surface area contributed by atoms with Crippen molar-refractivity contribution in [1.82, 2.24) is 9.55 Å². The first-order valence-corrected chi connectivity index (χ1v) is 7.74. The number of rotatable bonds is 4. The van der Waals surface area contributed by atoms with Gasteiger partial charge in [-0.15, -0.1) is 0 Å². The highest BCUT2D eigenvalue weighted by molar-refractivity contribution is 9.09. The van der Waals surface area contributed by atoms with E-state index in [9.17, 15) is 4.79 Å². The van der Waals surface area contributed by atoms with Gasteiger partial charge in [0.15, 0.2) is 5.82 Å². The Kier molecular flexibility index (Phi) is 4.80. The number of halogens is 1. The van der Waals surface area contributed by atoms with Crippen LogP contribution in [0.2, 0.25) is 0 Å². The Balaban J connectivity index is 2.18. The summed E-state index contributed by atoms with van der Waals surface area (Å²) in [6, 6.07) is 0. The highest BCUT2D eigenvalue weighted by Gasteiger charge is 2.22. The summed E-state index contributed by atoms with van der Waals surface area (Å²) >= 11 is 3.50. The van der Waals surface area contributed by atoms with Crippen molar-refractivity contribution in [3.05, 3.63) is 22.7 Å². The number of aryl methyl sites for hydroxylation is 1. The highest BCUT2D eigenvalue weighted by atomic mass is 79.9. The largest absolute Gasteiger partial charge is 0.352 e. The standard InChI is InChI=1S/C13H20BrN3O/c1-2-16-9-7-15-12(13(16)18)17-8-3-4-11(10-17)5-6-14/h7,9,11H,2-6,8,10H2,1H3. The molecule has 100 valence electrons. The molecule has 0 aliphatic carbocycles. The third-order valence-corrected chi connectivity index (χ3v) is 4.03. The van der Waals surface area contributed by atoms with Crippen molar-refractivity contribution < 1.29 is 0 Å². The SMILES string of the molecule is CCn1ccnc(N2CCCC(CCBr)C2)c1=O. The van der Waals surface area contributed by atoms with E-state index in [1.165, 1.54) is 12.8 Å². The van der Waals surface area contributed by atoms with Crippen molar-refractivity contribution in [2.75, 3.05) is 23.3 Å². The molecule has 1 aromatic heterocycles. The molecule has 0 bridgehead atoms. The van der Waals surface area contributed by atoms with Gasteiger partial charge in [0.1, 0.15) is 0 Å². The average molecular weight is 314 g/mol. The molecule has 0 saturated carbocycles. The van der Waals surface area contributed by atoms with Crippen LogP contribution in [0.4, 0.5) is 5.82 Å². The van der Waals surface area contributed by atoms with Crippen molar-refractivity contribution in [3.8, 4) is 0 Å². The summed E-state index contributed by atoms with van der Waals surface area (Å²) in [7, 11) is 0. The van der Waals surface area contributed by atoms with Gasteiger partial charge in [0.2, 0.25) is 0 Å². The Bertz CT molecular complexity index is 444. The Morgan fingerprint density at radius 3 is 3.11 bits per heavy atom. The molecule has 1 atom stereocenters. The van der Waals surface area contributed by atoms with Gasteiger partial charge in [-0.05, 0) is 32.1 Å². The molecule has 5 heteroatoms. The van der Waals surface area contributed by atoms with Gasteiger partial charge in [0.05, 0.1) is 0 Å². The van der Waals surface area contributed by atoms with Gasteiger partial charge in [-0.1, -0.05) is 15.9 Å². The van der Waals surface area contributed by atoms with Crippen LogP contribution in [-0.4, -0.2) is 28.0 Å². The van der Waals surface area contributed by atoms with Crippen LogP contribution >= 0.6 is 15.9 Å². The van der Waals surface area contributed by atoms with Crippen LogP contribution in [0.15, 0.2) is 17.2 Å². The second kappa shape index (κ2) is 6.36.